The zero-order chi connectivity index (χ0) is 33.2. The minimum atomic E-state index is -0.995. The zero-order valence-corrected chi connectivity index (χ0v) is 25.6. The van der Waals surface area contributed by atoms with Gasteiger partial charge in [0.2, 0.25) is 17.7 Å². The van der Waals surface area contributed by atoms with Gasteiger partial charge in [-0.05, 0) is 55.3 Å². The molecule has 4 aromatic rings. The van der Waals surface area contributed by atoms with Gasteiger partial charge >= 0.3 is 0 Å². The molecule has 4 rings (SSSR count). The van der Waals surface area contributed by atoms with E-state index in [1.807, 2.05) is 12.1 Å². The molecule has 46 heavy (non-hydrogen) atoms. The lowest BCUT2D eigenvalue weighted by atomic mass is 10.1. The van der Waals surface area contributed by atoms with Crippen LogP contribution in [0.3, 0.4) is 0 Å². The molecule has 0 spiro atoms. The number of halogens is 2. The van der Waals surface area contributed by atoms with Gasteiger partial charge in [-0.1, -0.05) is 18.2 Å². The minimum Gasteiger partial charge on any atom is -0.487 e. The summed E-state index contributed by atoms with van der Waals surface area (Å²) < 4.78 is 39.4. The first-order valence-electron chi connectivity index (χ1n) is 14.4. The highest BCUT2D eigenvalue weighted by molar-refractivity contribution is 5.97. The number of anilines is 1. The highest BCUT2D eigenvalue weighted by atomic mass is 19.1. The lowest BCUT2D eigenvalue weighted by molar-refractivity contribution is -0.129. The molecule has 0 saturated heterocycles. The van der Waals surface area contributed by atoms with Crippen molar-refractivity contribution in [3.63, 3.8) is 0 Å². The van der Waals surface area contributed by atoms with Crippen LogP contribution in [0.5, 0.6) is 5.75 Å². The van der Waals surface area contributed by atoms with Gasteiger partial charge in [0.15, 0.2) is 0 Å². The Bertz CT molecular complexity index is 1800. The summed E-state index contributed by atoms with van der Waals surface area (Å²) in [6, 6.07) is 12.5. The molecule has 0 radical (unpaired) electrons. The van der Waals surface area contributed by atoms with Crippen LogP contribution >= 0.6 is 0 Å². The van der Waals surface area contributed by atoms with E-state index in [1.165, 1.54) is 34.8 Å². The molecule has 0 aliphatic rings. The highest BCUT2D eigenvalue weighted by Gasteiger charge is 2.21. The number of methoxy groups -OCH3 is 1. The molecule has 3 amide bonds. The van der Waals surface area contributed by atoms with Crippen molar-refractivity contribution in [3.05, 3.63) is 106 Å². The number of hydrogen-bond acceptors (Lipinski definition) is 6. The van der Waals surface area contributed by atoms with Gasteiger partial charge in [0.1, 0.15) is 42.3 Å². The molecule has 13 heteroatoms. The lowest BCUT2D eigenvalue weighted by Gasteiger charge is -2.18. The third kappa shape index (κ3) is 8.88. The van der Waals surface area contributed by atoms with Crippen molar-refractivity contribution in [1.82, 2.24) is 19.8 Å². The van der Waals surface area contributed by atoms with Gasteiger partial charge in [-0.3, -0.25) is 19.2 Å². The van der Waals surface area contributed by atoms with Crippen molar-refractivity contribution in [1.29, 1.82) is 0 Å². The number of fused-ring (bicyclic) bond motifs is 1. The van der Waals surface area contributed by atoms with Crippen LogP contribution in [-0.2, 0) is 32.3 Å². The molecule has 242 valence electrons. The first-order valence-corrected chi connectivity index (χ1v) is 14.4. The molecule has 2 aromatic carbocycles. The molecule has 2 heterocycles. The Morgan fingerprint density at radius 2 is 1.89 bits per heavy atom. The Kier molecular flexibility index (Phi) is 11.4. The van der Waals surface area contributed by atoms with Crippen LogP contribution in [0, 0.1) is 11.6 Å². The average Bonchev–Trinajstić information content (AvgIpc) is 3.43. The van der Waals surface area contributed by atoms with E-state index >= 15 is 0 Å². The predicted octanol–water partition coefficient (Wildman–Crippen LogP) is 3.73. The molecule has 11 nitrogen and oxygen atoms in total. The van der Waals surface area contributed by atoms with Crippen LogP contribution in [0.4, 0.5) is 14.5 Å². The number of likely N-dealkylation sites (N-methyl/N-ethyl adjacent to an activating group) is 1. The largest absolute Gasteiger partial charge is 0.487 e. The number of H-pyrrole nitrogens is 1. The number of hydrogen-bond donors (Lipinski definition) is 3. The minimum absolute atomic E-state index is 0.0123. The van der Waals surface area contributed by atoms with Crippen molar-refractivity contribution in [2.75, 3.05) is 33.1 Å². The van der Waals surface area contributed by atoms with Crippen molar-refractivity contribution < 1.29 is 32.6 Å². The third-order valence-corrected chi connectivity index (χ3v) is 6.94. The van der Waals surface area contributed by atoms with E-state index in [4.69, 9.17) is 9.47 Å². The van der Waals surface area contributed by atoms with E-state index in [1.54, 1.807) is 44.6 Å². The summed E-state index contributed by atoms with van der Waals surface area (Å²) in [7, 11) is 4.59. The van der Waals surface area contributed by atoms with Crippen LogP contribution in [0.25, 0.3) is 10.9 Å². The Hall–Kier alpha value is -5.30. The number of aromatic nitrogens is 2. The second-order valence-corrected chi connectivity index (χ2v) is 10.6. The molecular formula is C33H35F2N5O6. The monoisotopic (exact) mass is 635 g/mol. The van der Waals surface area contributed by atoms with Gasteiger partial charge in [-0.25, -0.2) is 8.78 Å². The molecule has 0 fully saturated rings. The molecule has 0 aliphatic heterocycles. The van der Waals surface area contributed by atoms with E-state index in [0.29, 0.717) is 23.4 Å². The fourth-order valence-corrected chi connectivity index (χ4v) is 4.58. The molecule has 1 unspecified atom stereocenters. The standard InChI is InChI=1S/C33H35F2N5O6/c1-39(2)30(42)12-5-4-9-26(37-29(41)20-45-3)32(43)38-27-10-7-15-40(33(27)44)18-24-16-21-8-6-11-28(31(21)36-24)46-19-22-13-14-23(34)17-25(22)35/h5-8,10-17,26,36H,4,9,18-20H2,1-3H3,(H,37,41)(H,38,43)/b12-5+. The number of para-hydroxylation sites is 1. The Labute approximate surface area is 263 Å². The molecule has 2 aromatic heterocycles. The summed E-state index contributed by atoms with van der Waals surface area (Å²) in [6.45, 7) is -0.239. The van der Waals surface area contributed by atoms with E-state index in [-0.39, 0.29) is 43.3 Å². The van der Waals surface area contributed by atoms with E-state index in [9.17, 15) is 28.0 Å². The highest BCUT2D eigenvalue weighted by Crippen LogP contribution is 2.27. The summed E-state index contributed by atoms with van der Waals surface area (Å²) in [5.41, 5.74) is 1.03. The van der Waals surface area contributed by atoms with Crippen LogP contribution < -0.4 is 20.9 Å². The Balaban J connectivity index is 1.47. The fraction of sp³-hybridized carbons (Fsp3) is 0.273. The van der Waals surface area contributed by atoms with Gasteiger partial charge in [0, 0.05) is 50.1 Å². The molecular weight excluding hydrogens is 600 g/mol. The zero-order valence-electron chi connectivity index (χ0n) is 25.6. The number of ether oxygens (including phenoxy) is 2. The number of nitrogens with one attached hydrogen (secondary N) is 3. The van der Waals surface area contributed by atoms with Crippen LogP contribution in [0.1, 0.15) is 24.1 Å². The number of carbonyl (C=O) groups excluding carboxylic acids is 3. The Morgan fingerprint density at radius 1 is 1.09 bits per heavy atom. The average molecular weight is 636 g/mol. The molecule has 1 atom stereocenters. The number of carbonyl (C=O) groups is 3. The van der Waals surface area contributed by atoms with Gasteiger partial charge in [-0.2, -0.15) is 0 Å². The second-order valence-electron chi connectivity index (χ2n) is 10.6. The molecule has 0 aliphatic carbocycles. The maximum atomic E-state index is 14.1. The van der Waals surface area contributed by atoms with Crippen LogP contribution in [0.15, 0.2) is 77.7 Å². The number of amides is 3. The third-order valence-electron chi connectivity index (χ3n) is 6.94. The summed E-state index contributed by atoms with van der Waals surface area (Å²) in [5, 5.41) is 6.01. The molecule has 0 bridgehead atoms. The molecule has 0 saturated carbocycles. The summed E-state index contributed by atoms with van der Waals surface area (Å²) in [6.07, 6.45) is 5.05. The predicted molar refractivity (Wildman–Crippen MR) is 168 cm³/mol. The number of aromatic amines is 1. The van der Waals surface area contributed by atoms with E-state index in [2.05, 4.69) is 15.6 Å². The number of rotatable bonds is 14. The fourth-order valence-electron chi connectivity index (χ4n) is 4.58. The molecule has 3 N–H and O–H groups in total. The summed E-state index contributed by atoms with van der Waals surface area (Å²) in [4.78, 5) is 55.2. The lowest BCUT2D eigenvalue weighted by Crippen LogP contribution is -2.45. The Morgan fingerprint density at radius 3 is 2.63 bits per heavy atom. The smallest absolute Gasteiger partial charge is 0.274 e. The van der Waals surface area contributed by atoms with Gasteiger partial charge in [-0.15, -0.1) is 0 Å². The maximum Gasteiger partial charge on any atom is 0.274 e. The first kappa shape index (κ1) is 33.6. The number of allylic oxidation sites excluding steroid dienone is 1. The second kappa shape index (κ2) is 15.6. The van der Waals surface area contributed by atoms with Crippen molar-refractivity contribution >= 4 is 34.3 Å². The van der Waals surface area contributed by atoms with E-state index in [0.717, 1.165) is 17.5 Å². The van der Waals surface area contributed by atoms with Crippen molar-refractivity contribution in [2.45, 2.75) is 32.0 Å². The van der Waals surface area contributed by atoms with Gasteiger partial charge in [0.05, 0.1) is 12.1 Å². The first-order chi connectivity index (χ1) is 22.0. The van der Waals surface area contributed by atoms with Crippen LogP contribution in [0.2, 0.25) is 0 Å². The number of nitrogens with zero attached hydrogens (tertiary/aromatic N) is 2. The maximum absolute atomic E-state index is 14.1. The van der Waals surface area contributed by atoms with Gasteiger partial charge < -0.3 is 34.6 Å². The van der Waals surface area contributed by atoms with E-state index < -0.39 is 35.0 Å². The summed E-state index contributed by atoms with van der Waals surface area (Å²) >= 11 is 0. The summed E-state index contributed by atoms with van der Waals surface area (Å²) in [5.74, 6) is -2.25. The number of pyridine rings is 1. The quantitative estimate of drug-likeness (QED) is 0.181. The van der Waals surface area contributed by atoms with Crippen molar-refractivity contribution in [2.24, 2.45) is 0 Å². The van der Waals surface area contributed by atoms with Crippen molar-refractivity contribution in [3.8, 4) is 5.75 Å². The topological polar surface area (TPSA) is 135 Å². The van der Waals surface area contributed by atoms with Crippen LogP contribution in [-0.4, -0.2) is 66.0 Å². The SMILES string of the molecule is COCC(=O)NC(CC/C=C/C(=O)N(C)C)C(=O)Nc1cccn(Cc2cc3cccc(OCc4ccc(F)cc4F)c3[nH]2)c1=O. The van der Waals surface area contributed by atoms with Gasteiger partial charge in [0.25, 0.3) is 5.56 Å². The normalized spacial score (nSPS) is 11.8. The number of benzene rings is 2.